The molecule has 1 aromatic rings. The van der Waals surface area contributed by atoms with Gasteiger partial charge in [0.1, 0.15) is 0 Å². The molecular formula is C21H30N2O2. The standard InChI is InChI=1S/C21H30N2O2/c1-13-7-5-9-18(15(13)3)22-21(25)17-11-20(24)23(12-17)19-10-6-8-14(2)16(19)4/h5,7,9,14,16-17,19H,6,8,10-12H2,1-4H3,(H,22,25)/t14-,16-,17-,19+/m0/s1. The van der Waals surface area contributed by atoms with Crippen LogP contribution in [0.15, 0.2) is 18.2 Å². The van der Waals surface area contributed by atoms with Crippen LogP contribution in [0.5, 0.6) is 0 Å². The summed E-state index contributed by atoms with van der Waals surface area (Å²) in [6, 6.07) is 6.22. The number of carbonyl (C=O) groups is 2. The fourth-order valence-electron chi connectivity index (χ4n) is 4.34. The third-order valence-corrected chi connectivity index (χ3v) is 6.46. The van der Waals surface area contributed by atoms with Crippen molar-refractivity contribution in [2.45, 2.75) is 59.4 Å². The lowest BCUT2D eigenvalue weighted by Gasteiger charge is -2.40. The summed E-state index contributed by atoms with van der Waals surface area (Å²) in [6.07, 6.45) is 3.84. The molecule has 4 heteroatoms. The van der Waals surface area contributed by atoms with Gasteiger partial charge in [-0.15, -0.1) is 0 Å². The number of benzene rings is 1. The van der Waals surface area contributed by atoms with E-state index in [1.54, 1.807) is 0 Å². The lowest BCUT2D eigenvalue weighted by molar-refractivity contribution is -0.131. The first-order valence-electron chi connectivity index (χ1n) is 9.55. The summed E-state index contributed by atoms with van der Waals surface area (Å²) < 4.78 is 0. The third kappa shape index (κ3) is 3.58. The number of nitrogens with one attached hydrogen (secondary N) is 1. The van der Waals surface area contributed by atoms with Crippen molar-refractivity contribution in [3.05, 3.63) is 29.3 Å². The summed E-state index contributed by atoms with van der Waals surface area (Å²) in [7, 11) is 0. The minimum atomic E-state index is -0.239. The zero-order valence-electron chi connectivity index (χ0n) is 15.8. The second-order valence-electron chi connectivity index (χ2n) is 8.02. The smallest absolute Gasteiger partial charge is 0.229 e. The number of likely N-dealkylation sites (tertiary alicyclic amines) is 1. The van der Waals surface area contributed by atoms with E-state index < -0.39 is 0 Å². The highest BCUT2D eigenvalue weighted by Gasteiger charge is 2.41. The molecule has 1 heterocycles. The number of hydrogen-bond acceptors (Lipinski definition) is 2. The Morgan fingerprint density at radius 2 is 1.96 bits per heavy atom. The number of rotatable bonds is 3. The van der Waals surface area contributed by atoms with Crippen LogP contribution < -0.4 is 5.32 Å². The van der Waals surface area contributed by atoms with Crippen molar-refractivity contribution in [1.29, 1.82) is 0 Å². The van der Waals surface area contributed by atoms with E-state index >= 15 is 0 Å². The average molecular weight is 342 g/mol. The number of carbonyl (C=O) groups excluding carboxylic acids is 2. The van der Waals surface area contributed by atoms with E-state index in [9.17, 15) is 9.59 Å². The molecule has 0 aromatic heterocycles. The topological polar surface area (TPSA) is 49.4 Å². The van der Waals surface area contributed by atoms with Crippen molar-refractivity contribution < 1.29 is 9.59 Å². The van der Waals surface area contributed by atoms with Gasteiger partial charge in [-0.3, -0.25) is 9.59 Å². The number of hydrogen-bond donors (Lipinski definition) is 1. The molecule has 4 nitrogen and oxygen atoms in total. The van der Waals surface area contributed by atoms with Crippen LogP contribution in [-0.4, -0.2) is 29.3 Å². The van der Waals surface area contributed by atoms with Gasteiger partial charge >= 0.3 is 0 Å². The molecule has 1 saturated carbocycles. The van der Waals surface area contributed by atoms with Crippen molar-refractivity contribution in [2.24, 2.45) is 17.8 Å². The predicted octanol–water partition coefficient (Wildman–Crippen LogP) is 3.92. The third-order valence-electron chi connectivity index (χ3n) is 6.46. The lowest BCUT2D eigenvalue weighted by Crippen LogP contribution is -2.45. The van der Waals surface area contributed by atoms with Gasteiger partial charge in [0.25, 0.3) is 0 Å². The van der Waals surface area contributed by atoms with Crippen LogP contribution in [0.4, 0.5) is 5.69 Å². The molecule has 0 bridgehead atoms. The van der Waals surface area contributed by atoms with Gasteiger partial charge in [0.05, 0.1) is 5.92 Å². The van der Waals surface area contributed by atoms with Crippen LogP contribution in [-0.2, 0) is 9.59 Å². The quantitative estimate of drug-likeness (QED) is 0.905. The fraction of sp³-hybridized carbons (Fsp3) is 0.619. The molecule has 1 saturated heterocycles. The van der Waals surface area contributed by atoms with Gasteiger partial charge in [0, 0.05) is 24.7 Å². The molecule has 2 fully saturated rings. The van der Waals surface area contributed by atoms with Crippen LogP contribution in [0.1, 0.15) is 50.7 Å². The molecule has 3 rings (SSSR count). The maximum absolute atomic E-state index is 12.7. The Hall–Kier alpha value is -1.84. The maximum Gasteiger partial charge on any atom is 0.229 e. The fourth-order valence-corrected chi connectivity index (χ4v) is 4.34. The van der Waals surface area contributed by atoms with Crippen LogP contribution in [0.3, 0.4) is 0 Å². The molecule has 1 aliphatic carbocycles. The van der Waals surface area contributed by atoms with E-state index in [1.165, 1.54) is 12.8 Å². The summed E-state index contributed by atoms with van der Waals surface area (Å²) >= 11 is 0. The molecule has 0 unspecified atom stereocenters. The molecular weight excluding hydrogens is 312 g/mol. The summed E-state index contributed by atoms with van der Waals surface area (Å²) in [5, 5.41) is 3.04. The Balaban J connectivity index is 1.67. The van der Waals surface area contributed by atoms with Gasteiger partial charge in [0.2, 0.25) is 11.8 Å². The molecule has 25 heavy (non-hydrogen) atoms. The summed E-state index contributed by atoms with van der Waals surface area (Å²) in [5.41, 5.74) is 3.11. The van der Waals surface area contributed by atoms with E-state index in [1.807, 2.05) is 36.9 Å². The van der Waals surface area contributed by atoms with Crippen LogP contribution in [0.25, 0.3) is 0 Å². The summed E-state index contributed by atoms with van der Waals surface area (Å²) in [5.74, 6) is 1.04. The lowest BCUT2D eigenvalue weighted by atomic mass is 9.77. The molecule has 1 aliphatic heterocycles. The van der Waals surface area contributed by atoms with Crippen LogP contribution in [0.2, 0.25) is 0 Å². The molecule has 1 N–H and O–H groups in total. The van der Waals surface area contributed by atoms with Crippen molar-refractivity contribution >= 4 is 17.5 Å². The molecule has 136 valence electrons. The Bertz CT molecular complexity index is 670. The van der Waals surface area contributed by atoms with Gasteiger partial charge in [0.15, 0.2) is 0 Å². The molecule has 2 amide bonds. The van der Waals surface area contributed by atoms with E-state index in [0.717, 1.165) is 23.2 Å². The van der Waals surface area contributed by atoms with E-state index in [2.05, 4.69) is 19.2 Å². The molecule has 4 atom stereocenters. The predicted molar refractivity (Wildman–Crippen MR) is 100 cm³/mol. The van der Waals surface area contributed by atoms with Crippen molar-refractivity contribution in [2.75, 3.05) is 11.9 Å². The highest BCUT2D eigenvalue weighted by Crippen LogP contribution is 2.36. The molecule has 0 radical (unpaired) electrons. The van der Waals surface area contributed by atoms with Gasteiger partial charge in [-0.1, -0.05) is 38.8 Å². The minimum absolute atomic E-state index is 0.0268. The molecule has 0 spiro atoms. The number of nitrogens with zero attached hydrogens (tertiary/aromatic N) is 1. The van der Waals surface area contributed by atoms with Crippen molar-refractivity contribution in [1.82, 2.24) is 4.90 Å². The molecule has 2 aliphatic rings. The first kappa shape index (κ1) is 18.0. The average Bonchev–Trinajstić information content (AvgIpc) is 2.96. The monoisotopic (exact) mass is 342 g/mol. The van der Waals surface area contributed by atoms with E-state index in [4.69, 9.17) is 0 Å². The number of aryl methyl sites for hydroxylation is 1. The first-order chi connectivity index (χ1) is 11.9. The van der Waals surface area contributed by atoms with Gasteiger partial charge in [-0.05, 0) is 49.3 Å². The second kappa shape index (κ2) is 7.19. The number of amides is 2. The van der Waals surface area contributed by atoms with Crippen LogP contribution in [0, 0.1) is 31.6 Å². The zero-order valence-corrected chi connectivity index (χ0v) is 15.8. The Kier molecular flexibility index (Phi) is 5.16. The summed E-state index contributed by atoms with van der Waals surface area (Å²) in [6.45, 7) is 9.16. The van der Waals surface area contributed by atoms with E-state index in [0.29, 0.717) is 30.8 Å². The SMILES string of the molecule is Cc1cccc(NC(=O)[C@H]2CC(=O)N([C@@H]3CCC[C@H](C)[C@@H]3C)C2)c1C. The number of anilines is 1. The van der Waals surface area contributed by atoms with Crippen LogP contribution >= 0.6 is 0 Å². The highest BCUT2D eigenvalue weighted by molar-refractivity contribution is 5.97. The minimum Gasteiger partial charge on any atom is -0.339 e. The maximum atomic E-state index is 12.7. The Morgan fingerprint density at radius 3 is 2.72 bits per heavy atom. The zero-order chi connectivity index (χ0) is 18.1. The van der Waals surface area contributed by atoms with E-state index in [-0.39, 0.29) is 17.7 Å². The van der Waals surface area contributed by atoms with Gasteiger partial charge in [-0.2, -0.15) is 0 Å². The van der Waals surface area contributed by atoms with Gasteiger partial charge in [-0.25, -0.2) is 0 Å². The Labute approximate surface area is 151 Å². The summed E-state index contributed by atoms with van der Waals surface area (Å²) in [4.78, 5) is 27.3. The van der Waals surface area contributed by atoms with Gasteiger partial charge < -0.3 is 10.2 Å². The first-order valence-corrected chi connectivity index (χ1v) is 9.55. The second-order valence-corrected chi connectivity index (χ2v) is 8.02. The highest BCUT2D eigenvalue weighted by atomic mass is 16.2. The molecule has 1 aromatic carbocycles. The largest absolute Gasteiger partial charge is 0.339 e. The van der Waals surface area contributed by atoms with Crippen molar-refractivity contribution in [3.63, 3.8) is 0 Å². The van der Waals surface area contributed by atoms with Crippen molar-refractivity contribution in [3.8, 4) is 0 Å². The normalized spacial score (nSPS) is 29.8. The Morgan fingerprint density at radius 1 is 1.20 bits per heavy atom.